The molecule has 27 heavy (non-hydrogen) atoms. The van der Waals surface area contributed by atoms with Gasteiger partial charge in [-0.05, 0) is 47.0 Å². The van der Waals surface area contributed by atoms with Gasteiger partial charge in [-0.25, -0.2) is 4.79 Å². The van der Waals surface area contributed by atoms with Crippen molar-refractivity contribution in [1.29, 1.82) is 0 Å². The molecule has 0 spiro atoms. The molecule has 1 saturated heterocycles. The third-order valence-corrected chi connectivity index (χ3v) is 5.10. The van der Waals surface area contributed by atoms with E-state index in [9.17, 15) is 9.59 Å². The van der Waals surface area contributed by atoms with E-state index in [2.05, 4.69) is 45.3 Å². The number of alkyl carbamates (subject to hydrolysis) is 1. The molecule has 1 atom stereocenters. The third-order valence-electron chi connectivity index (χ3n) is 5.10. The van der Waals surface area contributed by atoms with Gasteiger partial charge in [0, 0.05) is 36.4 Å². The first-order valence-corrected chi connectivity index (χ1v) is 10.5. The van der Waals surface area contributed by atoms with Gasteiger partial charge in [0.25, 0.3) is 0 Å². The number of carbonyl (C=O) groups is 2. The monoisotopic (exact) mass is 384 g/mol. The van der Waals surface area contributed by atoms with E-state index in [1.807, 2.05) is 0 Å². The predicted molar refractivity (Wildman–Crippen MR) is 108 cm³/mol. The Hall–Kier alpha value is -1.30. The fourth-order valence-electron chi connectivity index (χ4n) is 4.26. The number of aliphatic carboxylic acids is 1. The maximum Gasteiger partial charge on any atom is 0.407 e. The maximum absolute atomic E-state index is 12.5. The van der Waals surface area contributed by atoms with Crippen LogP contribution in [0.5, 0.6) is 0 Å². The molecular weight excluding hydrogens is 344 g/mol. The van der Waals surface area contributed by atoms with Gasteiger partial charge in [-0.1, -0.05) is 32.6 Å². The van der Waals surface area contributed by atoms with Gasteiger partial charge in [0.1, 0.15) is 6.10 Å². The Morgan fingerprint density at radius 2 is 1.63 bits per heavy atom. The van der Waals surface area contributed by atoms with E-state index in [4.69, 9.17) is 9.84 Å². The summed E-state index contributed by atoms with van der Waals surface area (Å²) in [6.07, 6.45) is 7.84. The molecule has 0 bridgehead atoms. The lowest BCUT2D eigenvalue weighted by Crippen LogP contribution is -2.60. The first kappa shape index (κ1) is 23.7. The average molecular weight is 385 g/mol. The Bertz CT molecular complexity index is 461. The van der Waals surface area contributed by atoms with E-state index >= 15 is 0 Å². The molecule has 1 aliphatic heterocycles. The number of unbranched alkanes of at least 4 members (excludes halogenated alkanes) is 3. The van der Waals surface area contributed by atoms with Crippen LogP contribution < -0.4 is 10.6 Å². The zero-order valence-electron chi connectivity index (χ0n) is 17.9. The summed E-state index contributed by atoms with van der Waals surface area (Å²) in [5, 5.41) is 15.4. The largest absolute Gasteiger partial charge is 0.481 e. The third kappa shape index (κ3) is 10.6. The van der Waals surface area contributed by atoms with Gasteiger partial charge < -0.3 is 20.5 Å². The van der Waals surface area contributed by atoms with Crippen LogP contribution in [0.3, 0.4) is 0 Å². The molecule has 1 fully saturated rings. The Morgan fingerprint density at radius 3 is 2.15 bits per heavy atom. The highest BCUT2D eigenvalue weighted by Crippen LogP contribution is 2.30. The summed E-state index contributed by atoms with van der Waals surface area (Å²) in [7, 11) is 0. The number of piperidine rings is 1. The first-order valence-electron chi connectivity index (χ1n) is 10.5. The molecule has 1 unspecified atom stereocenters. The van der Waals surface area contributed by atoms with Crippen LogP contribution in [0.2, 0.25) is 0 Å². The van der Waals surface area contributed by atoms with Crippen molar-refractivity contribution in [2.75, 3.05) is 0 Å². The first-order chi connectivity index (χ1) is 12.5. The zero-order valence-corrected chi connectivity index (χ0v) is 17.9. The van der Waals surface area contributed by atoms with E-state index in [0.717, 1.165) is 51.4 Å². The molecule has 158 valence electrons. The second kappa shape index (κ2) is 10.9. The van der Waals surface area contributed by atoms with E-state index in [1.165, 1.54) is 0 Å². The van der Waals surface area contributed by atoms with E-state index in [0.29, 0.717) is 6.42 Å². The standard InChI is InChI=1S/C21H40N2O4/c1-6-7-8-11-16(12-9-10-13-18(24)25)22-19(26)27-17-14-20(2,3)23-21(4,5)15-17/h16-17,23H,6-15H2,1-5H3,(H,22,26)(H,24,25). The quantitative estimate of drug-likeness (QED) is 0.453. The van der Waals surface area contributed by atoms with Crippen LogP contribution >= 0.6 is 0 Å². The van der Waals surface area contributed by atoms with E-state index < -0.39 is 5.97 Å². The second-order valence-electron chi connectivity index (χ2n) is 9.30. The van der Waals surface area contributed by atoms with Gasteiger partial charge in [-0.2, -0.15) is 0 Å². The van der Waals surface area contributed by atoms with Crippen LogP contribution in [0.25, 0.3) is 0 Å². The van der Waals surface area contributed by atoms with Crippen molar-refractivity contribution in [3.05, 3.63) is 0 Å². The van der Waals surface area contributed by atoms with Crippen molar-refractivity contribution in [1.82, 2.24) is 10.6 Å². The van der Waals surface area contributed by atoms with Crippen LogP contribution in [-0.4, -0.2) is 40.4 Å². The lowest BCUT2D eigenvalue weighted by Gasteiger charge is -2.45. The predicted octanol–water partition coefficient (Wildman–Crippen LogP) is 4.62. The highest BCUT2D eigenvalue weighted by Gasteiger charge is 2.39. The lowest BCUT2D eigenvalue weighted by atomic mass is 9.81. The molecule has 1 heterocycles. The number of ether oxygens (including phenoxy) is 1. The minimum Gasteiger partial charge on any atom is -0.481 e. The summed E-state index contributed by atoms with van der Waals surface area (Å²) in [6, 6.07) is 0.0561. The number of amides is 1. The van der Waals surface area contributed by atoms with Gasteiger partial charge in [0.2, 0.25) is 0 Å². The summed E-state index contributed by atoms with van der Waals surface area (Å²) in [6.45, 7) is 10.7. The zero-order chi connectivity index (χ0) is 20.5. The number of carboxylic acid groups (broad SMARTS) is 1. The molecule has 6 nitrogen and oxygen atoms in total. The molecule has 0 aromatic carbocycles. The van der Waals surface area contributed by atoms with Crippen molar-refractivity contribution in [2.45, 2.75) is 122 Å². The van der Waals surface area contributed by atoms with Gasteiger partial charge >= 0.3 is 12.1 Å². The molecule has 0 aromatic heterocycles. The number of hydrogen-bond donors (Lipinski definition) is 3. The van der Waals surface area contributed by atoms with Crippen molar-refractivity contribution in [3.63, 3.8) is 0 Å². The van der Waals surface area contributed by atoms with Gasteiger partial charge in [0.15, 0.2) is 0 Å². The molecule has 0 radical (unpaired) electrons. The minimum atomic E-state index is -0.763. The van der Waals surface area contributed by atoms with E-state index in [1.54, 1.807) is 0 Å². The highest BCUT2D eigenvalue weighted by molar-refractivity contribution is 5.68. The fourth-order valence-corrected chi connectivity index (χ4v) is 4.26. The Kier molecular flexibility index (Phi) is 9.57. The molecule has 0 aromatic rings. The Morgan fingerprint density at radius 1 is 1.07 bits per heavy atom. The molecule has 0 saturated carbocycles. The minimum absolute atomic E-state index is 0.0561. The van der Waals surface area contributed by atoms with Gasteiger partial charge in [-0.3, -0.25) is 4.79 Å². The number of carboxylic acids is 1. The van der Waals surface area contributed by atoms with E-state index in [-0.39, 0.29) is 35.7 Å². The summed E-state index contributed by atoms with van der Waals surface area (Å²) in [5.41, 5.74) is -0.131. The van der Waals surface area contributed by atoms with Crippen molar-refractivity contribution in [3.8, 4) is 0 Å². The topological polar surface area (TPSA) is 87.7 Å². The Labute approximate surface area is 164 Å². The smallest absolute Gasteiger partial charge is 0.407 e. The lowest BCUT2D eigenvalue weighted by molar-refractivity contribution is -0.137. The summed E-state index contributed by atoms with van der Waals surface area (Å²) >= 11 is 0. The van der Waals surface area contributed by atoms with Gasteiger partial charge in [0.05, 0.1) is 0 Å². The molecule has 1 rings (SSSR count). The number of nitrogens with one attached hydrogen (secondary N) is 2. The number of carbonyl (C=O) groups excluding carboxylic acids is 1. The average Bonchev–Trinajstić information content (AvgIpc) is 2.47. The fraction of sp³-hybridized carbons (Fsp3) is 0.905. The number of hydrogen-bond acceptors (Lipinski definition) is 4. The molecule has 6 heteroatoms. The molecule has 0 aliphatic carbocycles. The molecule has 3 N–H and O–H groups in total. The van der Waals surface area contributed by atoms with Crippen molar-refractivity contribution < 1.29 is 19.4 Å². The Balaban J connectivity index is 2.51. The van der Waals surface area contributed by atoms with Crippen LogP contribution in [0.1, 0.15) is 98.8 Å². The van der Waals surface area contributed by atoms with Gasteiger partial charge in [-0.15, -0.1) is 0 Å². The molecule has 1 aliphatic rings. The summed E-state index contributed by atoms with van der Waals surface area (Å²) in [5.74, 6) is -0.763. The van der Waals surface area contributed by atoms with Crippen LogP contribution in [-0.2, 0) is 9.53 Å². The SMILES string of the molecule is CCCCCC(CCCCC(=O)O)NC(=O)OC1CC(C)(C)NC(C)(C)C1. The van der Waals surface area contributed by atoms with Crippen LogP contribution in [0, 0.1) is 0 Å². The maximum atomic E-state index is 12.5. The second-order valence-corrected chi connectivity index (χ2v) is 9.30. The number of rotatable bonds is 11. The summed E-state index contributed by atoms with van der Waals surface area (Å²) < 4.78 is 5.76. The molecular formula is C21H40N2O4. The van der Waals surface area contributed by atoms with Crippen LogP contribution in [0.4, 0.5) is 4.79 Å². The normalized spacial score (nSPS) is 20.0. The summed E-state index contributed by atoms with van der Waals surface area (Å²) in [4.78, 5) is 23.1. The van der Waals surface area contributed by atoms with Crippen LogP contribution in [0.15, 0.2) is 0 Å². The molecule has 1 amide bonds. The highest BCUT2D eigenvalue weighted by atomic mass is 16.6. The van der Waals surface area contributed by atoms with Crippen molar-refractivity contribution >= 4 is 12.1 Å². The van der Waals surface area contributed by atoms with Crippen molar-refractivity contribution in [2.24, 2.45) is 0 Å².